The zero-order valence-electron chi connectivity index (χ0n) is 15.4. The van der Waals surface area contributed by atoms with E-state index in [0.717, 1.165) is 29.6 Å². The van der Waals surface area contributed by atoms with Crippen LogP contribution < -0.4 is 11.1 Å². The molecule has 0 fully saturated rings. The summed E-state index contributed by atoms with van der Waals surface area (Å²) in [7, 11) is 0. The predicted molar refractivity (Wildman–Crippen MR) is 105 cm³/mol. The fourth-order valence-corrected chi connectivity index (χ4v) is 3.10. The van der Waals surface area contributed by atoms with Crippen LogP contribution >= 0.6 is 0 Å². The summed E-state index contributed by atoms with van der Waals surface area (Å²) in [6, 6.07) is 6.64. The Kier molecular flexibility index (Phi) is 5.41. The molecule has 0 aliphatic carbocycles. The summed E-state index contributed by atoms with van der Waals surface area (Å²) in [6.45, 7) is 2.45. The number of hydrogen-bond acceptors (Lipinski definition) is 6. The Bertz CT molecular complexity index is 893. The Balaban J connectivity index is 1.73. The summed E-state index contributed by atoms with van der Waals surface area (Å²) >= 11 is 0. The molecule has 144 valence electrons. The third-order valence-electron chi connectivity index (χ3n) is 4.55. The van der Waals surface area contributed by atoms with Gasteiger partial charge in [-0.1, -0.05) is 12.2 Å². The van der Waals surface area contributed by atoms with Crippen molar-refractivity contribution in [1.82, 2.24) is 15.0 Å². The molecule has 2 amide bonds. The molecule has 2 aliphatic heterocycles. The van der Waals surface area contributed by atoms with E-state index in [2.05, 4.69) is 5.32 Å². The molecular weight excluding hydrogens is 358 g/mol. The highest BCUT2D eigenvalue weighted by Crippen LogP contribution is 2.26. The van der Waals surface area contributed by atoms with Crippen LogP contribution in [0.1, 0.15) is 24.5 Å². The van der Waals surface area contributed by atoms with Crippen LogP contribution in [0.2, 0.25) is 0 Å². The van der Waals surface area contributed by atoms with Crippen molar-refractivity contribution in [2.45, 2.75) is 12.8 Å². The van der Waals surface area contributed by atoms with Crippen LogP contribution in [0.15, 0.2) is 36.4 Å². The van der Waals surface area contributed by atoms with Gasteiger partial charge >= 0.3 is 6.03 Å². The van der Waals surface area contributed by atoms with Crippen LogP contribution in [0.3, 0.4) is 0 Å². The first kappa shape index (κ1) is 18.3. The predicted octanol–water partition coefficient (Wildman–Crippen LogP) is 2.64. The lowest BCUT2D eigenvalue weighted by atomic mass is 10.1. The molecular formula is C20H21N5O3. The summed E-state index contributed by atoms with van der Waals surface area (Å²) < 4.78 is 10.8. The number of rotatable bonds is 4. The van der Waals surface area contributed by atoms with Gasteiger partial charge in [0.2, 0.25) is 0 Å². The van der Waals surface area contributed by atoms with Gasteiger partial charge in [-0.05, 0) is 48.3 Å². The Morgan fingerprint density at radius 3 is 1.86 bits per heavy atom. The molecule has 0 radical (unpaired) electrons. The number of urea groups is 1. The number of nitrogens with two attached hydrogens (primary N) is 1. The largest absolute Gasteiger partial charge is 0.377 e. The molecule has 2 aromatic rings. The Hall–Kier alpha value is -3.10. The van der Waals surface area contributed by atoms with Gasteiger partial charge in [-0.25, -0.2) is 19.7 Å². The number of ether oxygens (including phenoxy) is 2. The summed E-state index contributed by atoms with van der Waals surface area (Å²) in [5.41, 5.74) is 8.74. The SMILES string of the molecule is NC(=O)Nc1ccc(-c2nc(C3=CCOCC3)nc(C3=CCOCC3)n2)cc1. The zero-order valence-corrected chi connectivity index (χ0v) is 15.4. The number of amides is 2. The van der Waals surface area contributed by atoms with Crippen LogP contribution in [-0.4, -0.2) is 47.4 Å². The van der Waals surface area contributed by atoms with Crippen molar-refractivity contribution in [2.24, 2.45) is 5.73 Å². The molecule has 0 saturated heterocycles. The second kappa shape index (κ2) is 8.28. The minimum absolute atomic E-state index is 0.565. The smallest absolute Gasteiger partial charge is 0.316 e. The highest BCUT2D eigenvalue weighted by atomic mass is 16.5. The first-order valence-corrected chi connectivity index (χ1v) is 9.16. The number of anilines is 1. The third kappa shape index (κ3) is 4.24. The number of aromatic nitrogens is 3. The maximum Gasteiger partial charge on any atom is 0.316 e. The van der Waals surface area contributed by atoms with Gasteiger partial charge in [0.15, 0.2) is 17.5 Å². The van der Waals surface area contributed by atoms with E-state index in [4.69, 9.17) is 30.2 Å². The minimum atomic E-state index is -0.601. The summed E-state index contributed by atoms with van der Waals surface area (Å²) in [6.07, 6.45) is 5.58. The fourth-order valence-electron chi connectivity index (χ4n) is 3.10. The number of primary amides is 1. The van der Waals surface area contributed by atoms with E-state index in [1.165, 1.54) is 0 Å². The van der Waals surface area contributed by atoms with Gasteiger partial charge in [0, 0.05) is 11.3 Å². The molecule has 1 aromatic carbocycles. The molecule has 2 aliphatic rings. The molecule has 3 N–H and O–H groups in total. The van der Waals surface area contributed by atoms with E-state index in [9.17, 15) is 4.79 Å². The number of carbonyl (C=O) groups excluding carboxylic acids is 1. The Morgan fingerprint density at radius 2 is 1.39 bits per heavy atom. The van der Waals surface area contributed by atoms with Gasteiger partial charge in [-0.15, -0.1) is 0 Å². The Morgan fingerprint density at radius 1 is 0.857 bits per heavy atom. The molecule has 3 heterocycles. The molecule has 4 rings (SSSR count). The molecule has 8 heteroatoms. The molecule has 28 heavy (non-hydrogen) atoms. The molecule has 0 atom stereocenters. The molecule has 0 unspecified atom stereocenters. The van der Waals surface area contributed by atoms with E-state index < -0.39 is 6.03 Å². The van der Waals surface area contributed by atoms with Gasteiger partial charge in [-0.2, -0.15) is 0 Å². The first-order valence-electron chi connectivity index (χ1n) is 9.16. The summed E-state index contributed by atoms with van der Waals surface area (Å²) in [5, 5.41) is 2.55. The van der Waals surface area contributed by atoms with Crippen LogP contribution in [0.25, 0.3) is 22.5 Å². The van der Waals surface area contributed by atoms with Gasteiger partial charge < -0.3 is 20.5 Å². The number of benzene rings is 1. The summed E-state index contributed by atoms with van der Waals surface area (Å²) in [5.74, 6) is 1.94. The molecule has 0 saturated carbocycles. The van der Waals surface area contributed by atoms with E-state index in [1.54, 1.807) is 12.1 Å². The van der Waals surface area contributed by atoms with Crippen LogP contribution in [0.4, 0.5) is 10.5 Å². The average molecular weight is 379 g/mol. The topological polar surface area (TPSA) is 112 Å². The van der Waals surface area contributed by atoms with Crippen LogP contribution in [-0.2, 0) is 9.47 Å². The van der Waals surface area contributed by atoms with Crippen molar-refractivity contribution in [3.05, 3.63) is 48.1 Å². The lowest BCUT2D eigenvalue weighted by molar-refractivity contribution is 0.161. The highest BCUT2D eigenvalue weighted by Gasteiger charge is 2.17. The normalized spacial score (nSPS) is 16.9. The van der Waals surface area contributed by atoms with Crippen molar-refractivity contribution in [3.8, 4) is 11.4 Å². The molecule has 8 nitrogen and oxygen atoms in total. The van der Waals surface area contributed by atoms with Crippen molar-refractivity contribution in [3.63, 3.8) is 0 Å². The third-order valence-corrected chi connectivity index (χ3v) is 4.55. The number of carbonyl (C=O) groups is 1. The quantitative estimate of drug-likeness (QED) is 0.844. The summed E-state index contributed by atoms with van der Waals surface area (Å²) in [4.78, 5) is 25.1. The van der Waals surface area contributed by atoms with Crippen molar-refractivity contribution in [1.29, 1.82) is 0 Å². The van der Waals surface area contributed by atoms with Crippen molar-refractivity contribution < 1.29 is 14.3 Å². The first-order chi connectivity index (χ1) is 13.7. The fraction of sp³-hybridized carbons (Fsp3) is 0.300. The Labute approximate surface area is 162 Å². The van der Waals surface area contributed by atoms with Gasteiger partial charge in [0.05, 0.1) is 26.4 Å². The number of hydrogen-bond donors (Lipinski definition) is 2. The van der Waals surface area contributed by atoms with E-state index in [1.807, 2.05) is 24.3 Å². The van der Waals surface area contributed by atoms with Crippen molar-refractivity contribution in [2.75, 3.05) is 31.7 Å². The second-order valence-electron chi connectivity index (χ2n) is 6.48. The molecule has 0 bridgehead atoms. The van der Waals surface area contributed by atoms with Crippen LogP contribution in [0.5, 0.6) is 0 Å². The van der Waals surface area contributed by atoms with E-state index in [-0.39, 0.29) is 0 Å². The van der Waals surface area contributed by atoms with E-state index >= 15 is 0 Å². The van der Waals surface area contributed by atoms with Crippen molar-refractivity contribution >= 4 is 22.9 Å². The molecule has 0 spiro atoms. The monoisotopic (exact) mass is 379 g/mol. The zero-order chi connectivity index (χ0) is 19.3. The lowest BCUT2D eigenvalue weighted by Gasteiger charge is -2.16. The van der Waals surface area contributed by atoms with Crippen LogP contribution in [0, 0.1) is 0 Å². The highest BCUT2D eigenvalue weighted by molar-refractivity contribution is 5.88. The van der Waals surface area contributed by atoms with Gasteiger partial charge in [-0.3, -0.25) is 0 Å². The average Bonchev–Trinajstić information content (AvgIpc) is 2.75. The molecule has 1 aromatic heterocycles. The second-order valence-corrected chi connectivity index (χ2v) is 6.48. The standard InChI is InChI=1S/C20H21N5O3/c21-20(26)22-16-3-1-13(2-4-16)17-23-18(14-5-9-27-10-6-14)25-19(24-17)15-7-11-28-12-8-15/h1-5,7H,6,8-12H2,(H3,21,22,26). The minimum Gasteiger partial charge on any atom is -0.377 e. The maximum atomic E-state index is 11.0. The number of nitrogens with one attached hydrogen (secondary N) is 1. The lowest BCUT2D eigenvalue weighted by Crippen LogP contribution is -2.19. The van der Waals surface area contributed by atoms with Gasteiger partial charge in [0.25, 0.3) is 0 Å². The van der Waals surface area contributed by atoms with Gasteiger partial charge in [0.1, 0.15) is 0 Å². The maximum absolute atomic E-state index is 11.0. The van der Waals surface area contributed by atoms with E-state index in [0.29, 0.717) is 49.6 Å². The number of nitrogens with zero attached hydrogens (tertiary/aromatic N) is 3.